The third-order valence-electron chi connectivity index (χ3n) is 2.71. The van der Waals surface area contributed by atoms with E-state index in [4.69, 9.17) is 16.3 Å². The Labute approximate surface area is 120 Å². The molecule has 1 aromatic rings. The highest BCUT2D eigenvalue weighted by atomic mass is 35.5. The van der Waals surface area contributed by atoms with E-state index in [2.05, 4.69) is 4.72 Å². The lowest BCUT2D eigenvalue weighted by Crippen LogP contribution is -2.29. The number of methoxy groups -OCH3 is 1. The number of halogens is 1. The Kier molecular flexibility index (Phi) is 7.38. The van der Waals surface area contributed by atoms with Crippen LogP contribution in [0.4, 0.5) is 0 Å². The first-order valence-corrected chi connectivity index (χ1v) is 8.28. The lowest BCUT2D eigenvalue weighted by Gasteiger charge is -2.07. The second kappa shape index (κ2) is 8.53. The number of unbranched alkanes of at least 4 members (excludes halogenated alkanes) is 1. The van der Waals surface area contributed by atoms with Crippen molar-refractivity contribution in [3.05, 3.63) is 34.9 Å². The number of hydrogen-bond acceptors (Lipinski definition) is 3. The van der Waals surface area contributed by atoms with Gasteiger partial charge in [-0.1, -0.05) is 29.8 Å². The van der Waals surface area contributed by atoms with E-state index in [0.29, 0.717) is 6.54 Å². The van der Waals surface area contributed by atoms with E-state index >= 15 is 0 Å². The molecule has 0 atom stereocenters. The van der Waals surface area contributed by atoms with Crippen molar-refractivity contribution in [2.24, 2.45) is 0 Å². The van der Waals surface area contributed by atoms with Gasteiger partial charge in [-0.3, -0.25) is 0 Å². The molecule has 0 heterocycles. The monoisotopic (exact) mass is 305 g/mol. The summed E-state index contributed by atoms with van der Waals surface area (Å²) in [6, 6.07) is 7.71. The number of sulfonamides is 1. The van der Waals surface area contributed by atoms with Crippen molar-refractivity contribution in [3.8, 4) is 0 Å². The average Bonchev–Trinajstić information content (AvgIpc) is 2.38. The van der Waals surface area contributed by atoms with Crippen LogP contribution in [-0.4, -0.2) is 34.4 Å². The van der Waals surface area contributed by atoms with E-state index in [1.54, 1.807) is 0 Å². The second-order valence-electron chi connectivity index (χ2n) is 4.25. The van der Waals surface area contributed by atoms with Gasteiger partial charge in [0, 0.05) is 18.7 Å². The van der Waals surface area contributed by atoms with Crippen LogP contribution >= 0.6 is 11.6 Å². The highest BCUT2D eigenvalue weighted by molar-refractivity contribution is 7.89. The van der Waals surface area contributed by atoms with Crippen LogP contribution in [0.25, 0.3) is 0 Å². The van der Waals surface area contributed by atoms with Gasteiger partial charge in [0.25, 0.3) is 0 Å². The predicted molar refractivity (Wildman–Crippen MR) is 78.1 cm³/mol. The molecule has 6 heteroatoms. The zero-order chi connectivity index (χ0) is 14.1. The molecule has 19 heavy (non-hydrogen) atoms. The molecule has 0 saturated carbocycles. The van der Waals surface area contributed by atoms with Gasteiger partial charge in [-0.25, -0.2) is 13.1 Å². The number of nitrogens with one attached hydrogen (secondary N) is 1. The molecule has 0 aromatic heterocycles. The van der Waals surface area contributed by atoms with Crippen molar-refractivity contribution in [3.63, 3.8) is 0 Å². The van der Waals surface area contributed by atoms with E-state index in [9.17, 15) is 8.42 Å². The van der Waals surface area contributed by atoms with Crippen molar-refractivity contribution >= 4 is 21.6 Å². The van der Waals surface area contributed by atoms with Gasteiger partial charge >= 0.3 is 0 Å². The van der Waals surface area contributed by atoms with Crippen molar-refractivity contribution in [2.45, 2.75) is 19.3 Å². The van der Waals surface area contributed by atoms with Crippen molar-refractivity contribution in [1.82, 2.24) is 4.72 Å². The summed E-state index contributed by atoms with van der Waals surface area (Å²) in [6.45, 7) is 0.672. The SMILES string of the molecule is COCCS(=O)(=O)NCCCCc1ccccc1Cl. The molecule has 0 fully saturated rings. The van der Waals surface area contributed by atoms with Crippen molar-refractivity contribution < 1.29 is 13.2 Å². The molecule has 0 aliphatic rings. The minimum Gasteiger partial charge on any atom is -0.384 e. The number of rotatable bonds is 9. The highest BCUT2D eigenvalue weighted by Crippen LogP contribution is 2.16. The zero-order valence-corrected chi connectivity index (χ0v) is 12.6. The zero-order valence-electron chi connectivity index (χ0n) is 11.1. The van der Waals surface area contributed by atoms with E-state index in [0.717, 1.165) is 29.8 Å². The molecule has 0 spiro atoms. The van der Waals surface area contributed by atoms with Crippen LogP contribution in [0.15, 0.2) is 24.3 Å². The van der Waals surface area contributed by atoms with Gasteiger partial charge < -0.3 is 4.74 Å². The van der Waals surface area contributed by atoms with Crippen LogP contribution in [0.1, 0.15) is 18.4 Å². The molecule has 0 aliphatic carbocycles. The van der Waals surface area contributed by atoms with Gasteiger partial charge in [0.2, 0.25) is 10.0 Å². The minimum absolute atomic E-state index is 0.00795. The Bertz CT molecular complexity index is 477. The Morgan fingerprint density at radius 3 is 2.68 bits per heavy atom. The number of benzene rings is 1. The van der Waals surface area contributed by atoms with Gasteiger partial charge in [-0.05, 0) is 30.9 Å². The fraction of sp³-hybridized carbons (Fsp3) is 0.538. The smallest absolute Gasteiger partial charge is 0.213 e. The van der Waals surface area contributed by atoms with Crippen molar-refractivity contribution in [2.75, 3.05) is 26.0 Å². The average molecular weight is 306 g/mol. The van der Waals surface area contributed by atoms with Crippen LogP contribution in [0, 0.1) is 0 Å². The fourth-order valence-electron chi connectivity index (χ4n) is 1.63. The fourth-order valence-corrected chi connectivity index (χ4v) is 2.85. The summed E-state index contributed by atoms with van der Waals surface area (Å²) in [5, 5.41) is 0.767. The molecule has 0 unspecified atom stereocenters. The molecule has 108 valence electrons. The van der Waals surface area contributed by atoms with Gasteiger partial charge in [0.1, 0.15) is 0 Å². The second-order valence-corrected chi connectivity index (χ2v) is 6.59. The molecule has 1 rings (SSSR count). The topological polar surface area (TPSA) is 55.4 Å². The van der Waals surface area contributed by atoms with E-state index in [1.807, 2.05) is 24.3 Å². The minimum atomic E-state index is -3.20. The predicted octanol–water partition coefficient (Wildman–Crippen LogP) is 2.23. The third-order valence-corrected chi connectivity index (χ3v) is 4.43. The Morgan fingerprint density at radius 2 is 2.00 bits per heavy atom. The Hall–Kier alpha value is -0.620. The molecule has 1 N–H and O–H groups in total. The summed E-state index contributed by atoms with van der Waals surface area (Å²) in [7, 11) is -1.71. The quantitative estimate of drug-likeness (QED) is 0.712. The normalized spacial score (nSPS) is 11.7. The maximum Gasteiger partial charge on any atom is 0.213 e. The lowest BCUT2D eigenvalue weighted by molar-refractivity contribution is 0.217. The Morgan fingerprint density at radius 1 is 1.26 bits per heavy atom. The van der Waals surface area contributed by atoms with Gasteiger partial charge in [-0.15, -0.1) is 0 Å². The summed E-state index contributed by atoms with van der Waals surface area (Å²) in [4.78, 5) is 0. The van der Waals surface area contributed by atoms with Crippen LogP contribution in [0.3, 0.4) is 0 Å². The standard InChI is InChI=1S/C13H20ClNO3S/c1-18-10-11-19(16,17)15-9-5-4-7-12-6-2-3-8-13(12)14/h2-3,6,8,15H,4-5,7,9-11H2,1H3. The summed E-state index contributed by atoms with van der Waals surface area (Å²) in [6.07, 6.45) is 2.55. The lowest BCUT2D eigenvalue weighted by atomic mass is 10.1. The maximum atomic E-state index is 11.5. The summed E-state index contributed by atoms with van der Waals surface area (Å²) >= 11 is 6.04. The molecule has 0 bridgehead atoms. The summed E-state index contributed by atoms with van der Waals surface area (Å²) < 4.78 is 30.2. The number of aryl methyl sites for hydroxylation is 1. The first-order chi connectivity index (χ1) is 9.05. The largest absolute Gasteiger partial charge is 0.384 e. The molecule has 0 amide bonds. The summed E-state index contributed by atoms with van der Waals surface area (Å²) in [5.74, 6) is 0.00795. The van der Waals surface area contributed by atoms with E-state index < -0.39 is 10.0 Å². The van der Waals surface area contributed by atoms with Gasteiger partial charge in [0.05, 0.1) is 12.4 Å². The number of hydrogen-bond donors (Lipinski definition) is 1. The first-order valence-electron chi connectivity index (χ1n) is 6.25. The highest BCUT2D eigenvalue weighted by Gasteiger charge is 2.08. The Balaban J connectivity index is 2.20. The van der Waals surface area contributed by atoms with E-state index in [1.165, 1.54) is 7.11 Å². The van der Waals surface area contributed by atoms with E-state index in [-0.39, 0.29) is 12.4 Å². The van der Waals surface area contributed by atoms with Gasteiger partial charge in [0.15, 0.2) is 0 Å². The molecule has 1 aromatic carbocycles. The van der Waals surface area contributed by atoms with Gasteiger partial charge in [-0.2, -0.15) is 0 Å². The van der Waals surface area contributed by atoms with Crippen LogP contribution in [0.2, 0.25) is 5.02 Å². The first kappa shape index (κ1) is 16.4. The maximum absolute atomic E-state index is 11.5. The van der Waals surface area contributed by atoms with Crippen LogP contribution < -0.4 is 4.72 Å². The van der Waals surface area contributed by atoms with Crippen LogP contribution in [0.5, 0.6) is 0 Å². The molecular formula is C13H20ClNO3S. The van der Waals surface area contributed by atoms with Crippen LogP contribution in [-0.2, 0) is 21.2 Å². The molecule has 0 radical (unpaired) electrons. The third kappa shape index (κ3) is 6.92. The van der Waals surface area contributed by atoms with Crippen molar-refractivity contribution in [1.29, 1.82) is 0 Å². The molecular weight excluding hydrogens is 286 g/mol. The molecule has 0 aliphatic heterocycles. The number of ether oxygens (including phenoxy) is 1. The molecule has 0 saturated heterocycles. The summed E-state index contributed by atoms with van der Waals surface area (Å²) in [5.41, 5.74) is 1.10. The molecule has 4 nitrogen and oxygen atoms in total.